The fraction of sp³-hybridized carbons (Fsp3) is 0.615. The van der Waals surface area contributed by atoms with Crippen molar-refractivity contribution in [3.8, 4) is 0 Å². The Kier molecular flexibility index (Phi) is 4.55. The molecule has 0 amide bonds. The quantitative estimate of drug-likeness (QED) is 0.611. The molecule has 1 aromatic rings. The third-order valence-electron chi connectivity index (χ3n) is 3.78. The van der Waals surface area contributed by atoms with Crippen LogP contribution in [0.3, 0.4) is 0 Å². The van der Waals surface area contributed by atoms with Crippen LogP contribution in [0.4, 0.5) is 5.69 Å². The van der Waals surface area contributed by atoms with E-state index in [2.05, 4.69) is 0 Å². The van der Waals surface area contributed by atoms with Crippen molar-refractivity contribution in [1.82, 2.24) is 4.73 Å². The van der Waals surface area contributed by atoms with E-state index in [1.54, 1.807) is 0 Å². The molecule has 1 aliphatic rings. The fourth-order valence-electron chi connectivity index (χ4n) is 2.85. The van der Waals surface area contributed by atoms with Gasteiger partial charge in [-0.05, 0) is 25.8 Å². The van der Waals surface area contributed by atoms with E-state index in [0.717, 1.165) is 38.4 Å². The van der Waals surface area contributed by atoms with Crippen molar-refractivity contribution in [2.75, 3.05) is 6.26 Å². The molecule has 0 unspecified atom stereocenters. The van der Waals surface area contributed by atoms with Crippen molar-refractivity contribution in [2.45, 2.75) is 44.9 Å². The maximum atomic E-state index is 12.3. The Balaban J connectivity index is 2.65. The van der Waals surface area contributed by atoms with E-state index in [9.17, 15) is 23.3 Å². The highest BCUT2D eigenvalue weighted by Crippen LogP contribution is 2.33. The summed E-state index contributed by atoms with van der Waals surface area (Å²) in [6, 6.07) is 1.49. The van der Waals surface area contributed by atoms with E-state index in [-0.39, 0.29) is 11.5 Å². The molecule has 8 nitrogen and oxygen atoms in total. The third-order valence-corrected chi connectivity index (χ3v) is 4.20. The maximum Gasteiger partial charge on any atom is 0.362 e. The standard InChI is InChI=1S/C13H18N2O6S/c1-9-8-11(10-6-4-3-5-7-10)14(21-22(2,19)20)13(16)12(9)15(17)18/h8,10H,3-7H2,1-2H3. The molecule has 0 bridgehead atoms. The van der Waals surface area contributed by atoms with Crippen LogP contribution in [-0.2, 0) is 10.1 Å². The van der Waals surface area contributed by atoms with E-state index in [1.165, 1.54) is 13.0 Å². The number of pyridine rings is 1. The van der Waals surface area contributed by atoms with Gasteiger partial charge in [-0.25, -0.2) is 0 Å². The first-order chi connectivity index (χ1) is 10.2. The molecule has 122 valence electrons. The summed E-state index contributed by atoms with van der Waals surface area (Å²) in [4.78, 5) is 22.5. The Bertz CT molecular complexity index is 747. The molecule has 1 saturated carbocycles. The molecule has 1 aliphatic carbocycles. The lowest BCUT2D eigenvalue weighted by Gasteiger charge is -2.24. The van der Waals surface area contributed by atoms with Crippen LogP contribution in [0.5, 0.6) is 0 Å². The SMILES string of the molecule is Cc1cc(C2CCCCC2)n(OS(C)(=O)=O)c(=O)c1[N+](=O)[O-]. The van der Waals surface area contributed by atoms with Gasteiger partial charge in [0.1, 0.15) is 0 Å². The molecule has 2 rings (SSSR count). The number of aromatic nitrogens is 1. The molecule has 9 heteroatoms. The van der Waals surface area contributed by atoms with Crippen LogP contribution in [-0.4, -0.2) is 24.3 Å². The summed E-state index contributed by atoms with van der Waals surface area (Å²) in [5.74, 6) is -0.0392. The first kappa shape index (κ1) is 16.5. The van der Waals surface area contributed by atoms with Gasteiger partial charge in [-0.15, -0.1) is 4.73 Å². The molecule has 0 atom stereocenters. The Hall–Kier alpha value is -1.90. The van der Waals surface area contributed by atoms with Gasteiger partial charge < -0.3 is 0 Å². The topological polar surface area (TPSA) is 109 Å². The van der Waals surface area contributed by atoms with Crippen molar-refractivity contribution in [1.29, 1.82) is 0 Å². The van der Waals surface area contributed by atoms with Gasteiger partial charge in [-0.1, -0.05) is 19.3 Å². The zero-order chi connectivity index (χ0) is 16.5. The Morgan fingerprint density at radius 1 is 1.32 bits per heavy atom. The predicted octanol–water partition coefficient (Wildman–Crippen LogP) is 1.50. The number of hydrogen-bond donors (Lipinski definition) is 0. The number of aryl methyl sites for hydroxylation is 1. The summed E-state index contributed by atoms with van der Waals surface area (Å²) in [5, 5.41) is 11.0. The van der Waals surface area contributed by atoms with Gasteiger partial charge in [-0.2, -0.15) is 8.42 Å². The second-order valence-corrected chi connectivity index (χ2v) is 7.13. The summed E-state index contributed by atoms with van der Waals surface area (Å²) in [6.07, 6.45) is 5.41. The molecule has 0 saturated heterocycles. The lowest BCUT2D eigenvalue weighted by Crippen LogP contribution is -2.35. The van der Waals surface area contributed by atoms with Crippen molar-refractivity contribution in [2.24, 2.45) is 0 Å². The predicted molar refractivity (Wildman–Crippen MR) is 79.3 cm³/mol. The molecular formula is C13H18N2O6S. The maximum absolute atomic E-state index is 12.3. The summed E-state index contributed by atoms with van der Waals surface area (Å²) >= 11 is 0. The molecule has 1 fully saturated rings. The summed E-state index contributed by atoms with van der Waals surface area (Å²) < 4.78 is 28.1. The molecule has 22 heavy (non-hydrogen) atoms. The second-order valence-electron chi connectivity index (χ2n) is 5.57. The van der Waals surface area contributed by atoms with Gasteiger partial charge in [0.05, 0.1) is 16.9 Å². The van der Waals surface area contributed by atoms with Crippen LogP contribution >= 0.6 is 0 Å². The lowest BCUT2D eigenvalue weighted by molar-refractivity contribution is -0.387. The summed E-state index contributed by atoms with van der Waals surface area (Å²) in [6.45, 7) is 1.47. The van der Waals surface area contributed by atoms with Crippen molar-refractivity contribution >= 4 is 15.8 Å². The van der Waals surface area contributed by atoms with E-state index in [0.29, 0.717) is 10.4 Å². The number of nitrogens with zero attached hydrogens (tertiary/aromatic N) is 2. The average Bonchev–Trinajstić information content (AvgIpc) is 2.41. The molecule has 0 spiro atoms. The van der Waals surface area contributed by atoms with E-state index < -0.39 is 26.3 Å². The number of hydrogen-bond acceptors (Lipinski definition) is 6. The van der Waals surface area contributed by atoms with Crippen LogP contribution in [0.15, 0.2) is 10.9 Å². The smallest absolute Gasteiger partial charge is 0.284 e. The first-order valence-electron chi connectivity index (χ1n) is 7.01. The second kappa shape index (κ2) is 6.07. The molecule has 1 heterocycles. The van der Waals surface area contributed by atoms with Crippen LogP contribution in [0, 0.1) is 17.0 Å². The third kappa shape index (κ3) is 3.46. The van der Waals surface area contributed by atoms with Crippen molar-refractivity contribution < 1.29 is 17.6 Å². The van der Waals surface area contributed by atoms with Crippen molar-refractivity contribution in [3.05, 3.63) is 37.8 Å². The zero-order valence-electron chi connectivity index (χ0n) is 12.4. The molecular weight excluding hydrogens is 312 g/mol. The molecule has 0 N–H and O–H groups in total. The summed E-state index contributed by atoms with van der Waals surface area (Å²) in [7, 11) is -3.98. The Labute approximate surface area is 127 Å². The van der Waals surface area contributed by atoms with Gasteiger partial charge >= 0.3 is 21.4 Å². The molecule has 0 radical (unpaired) electrons. The van der Waals surface area contributed by atoms with Crippen LogP contribution < -0.4 is 9.84 Å². The van der Waals surface area contributed by atoms with Crippen LogP contribution in [0.2, 0.25) is 0 Å². The first-order valence-corrected chi connectivity index (χ1v) is 8.83. The number of rotatable bonds is 4. The van der Waals surface area contributed by atoms with Crippen LogP contribution in [0.25, 0.3) is 0 Å². The monoisotopic (exact) mass is 330 g/mol. The van der Waals surface area contributed by atoms with Gasteiger partial charge in [0.2, 0.25) is 0 Å². The van der Waals surface area contributed by atoms with E-state index >= 15 is 0 Å². The zero-order valence-corrected chi connectivity index (χ0v) is 13.3. The highest BCUT2D eigenvalue weighted by atomic mass is 32.2. The minimum absolute atomic E-state index is 0.0392. The van der Waals surface area contributed by atoms with E-state index in [4.69, 9.17) is 4.28 Å². The van der Waals surface area contributed by atoms with Gasteiger partial charge in [0.15, 0.2) is 0 Å². The lowest BCUT2D eigenvalue weighted by atomic mass is 9.86. The Morgan fingerprint density at radius 2 is 1.91 bits per heavy atom. The summed E-state index contributed by atoms with van der Waals surface area (Å²) in [5.41, 5.74) is -1.11. The Morgan fingerprint density at radius 3 is 2.41 bits per heavy atom. The fourth-order valence-corrected chi connectivity index (χ4v) is 3.27. The average molecular weight is 330 g/mol. The van der Waals surface area contributed by atoms with Gasteiger partial charge in [0.25, 0.3) is 0 Å². The van der Waals surface area contributed by atoms with Gasteiger partial charge in [0, 0.05) is 11.5 Å². The number of nitro groups is 1. The highest BCUT2D eigenvalue weighted by Gasteiger charge is 2.28. The van der Waals surface area contributed by atoms with Gasteiger partial charge in [-0.3, -0.25) is 19.2 Å². The normalized spacial score (nSPS) is 16.5. The highest BCUT2D eigenvalue weighted by molar-refractivity contribution is 7.86. The molecule has 0 aromatic carbocycles. The van der Waals surface area contributed by atoms with Crippen molar-refractivity contribution in [3.63, 3.8) is 0 Å². The van der Waals surface area contributed by atoms with Crippen LogP contribution in [0.1, 0.15) is 49.3 Å². The molecule has 0 aliphatic heterocycles. The minimum atomic E-state index is -3.98. The van der Waals surface area contributed by atoms with E-state index in [1.807, 2.05) is 0 Å². The minimum Gasteiger partial charge on any atom is -0.284 e. The molecule has 1 aromatic heterocycles. The largest absolute Gasteiger partial charge is 0.362 e.